The van der Waals surface area contributed by atoms with Crippen LogP contribution >= 0.6 is 0 Å². The standard InChI is InChI=1S/C20H32O4/c1-2-3-14-17-20(23,24)18-15-12-10-8-6-4-5-7-9-11-13-16-19(21)22/h4-7,9,11,13,16,23-24H,2-3,8,10,12,14-15,17-18H2,1H3,(H,21,22)/b6-4+,7-5+,11-9+,16-13+. The number of aliphatic carboxylic acids is 1. The van der Waals surface area contributed by atoms with Crippen LogP contribution in [0.1, 0.15) is 64.7 Å². The Balaban J connectivity index is 3.63. The highest BCUT2D eigenvalue weighted by atomic mass is 16.5. The van der Waals surface area contributed by atoms with Crippen LogP contribution in [0.2, 0.25) is 0 Å². The van der Waals surface area contributed by atoms with Crippen LogP contribution in [-0.2, 0) is 4.79 Å². The summed E-state index contributed by atoms with van der Waals surface area (Å²) in [4.78, 5) is 10.2. The van der Waals surface area contributed by atoms with Gasteiger partial charge in [-0.1, -0.05) is 68.7 Å². The van der Waals surface area contributed by atoms with Crippen LogP contribution in [0.15, 0.2) is 48.6 Å². The minimum absolute atomic E-state index is 0.453. The van der Waals surface area contributed by atoms with Crippen LogP contribution in [0, 0.1) is 0 Å². The highest BCUT2D eigenvalue weighted by Crippen LogP contribution is 2.19. The molecular weight excluding hydrogens is 304 g/mol. The molecule has 0 amide bonds. The molecule has 4 nitrogen and oxygen atoms in total. The topological polar surface area (TPSA) is 77.8 Å². The van der Waals surface area contributed by atoms with E-state index in [0.717, 1.165) is 51.0 Å². The summed E-state index contributed by atoms with van der Waals surface area (Å²) in [6, 6.07) is 0. The third-order valence-corrected chi connectivity index (χ3v) is 3.56. The second kappa shape index (κ2) is 14.9. The minimum Gasteiger partial charge on any atom is -0.478 e. The summed E-state index contributed by atoms with van der Waals surface area (Å²) in [5.74, 6) is -2.45. The lowest BCUT2D eigenvalue weighted by Gasteiger charge is -2.21. The van der Waals surface area contributed by atoms with Crippen molar-refractivity contribution in [2.45, 2.75) is 70.5 Å². The molecule has 0 aliphatic rings. The van der Waals surface area contributed by atoms with Gasteiger partial charge >= 0.3 is 5.97 Å². The van der Waals surface area contributed by atoms with Crippen LogP contribution in [0.5, 0.6) is 0 Å². The summed E-state index contributed by atoms with van der Waals surface area (Å²) in [6.45, 7) is 2.10. The number of aliphatic hydroxyl groups is 2. The molecule has 0 aromatic carbocycles. The van der Waals surface area contributed by atoms with Gasteiger partial charge in [-0.25, -0.2) is 4.79 Å². The molecule has 0 aliphatic heterocycles. The first kappa shape index (κ1) is 22.4. The number of carbonyl (C=O) groups is 1. The smallest absolute Gasteiger partial charge is 0.328 e. The number of carboxylic acids is 1. The molecule has 3 N–H and O–H groups in total. The highest BCUT2D eigenvalue weighted by Gasteiger charge is 2.20. The lowest BCUT2D eigenvalue weighted by molar-refractivity contribution is -0.172. The van der Waals surface area contributed by atoms with E-state index in [9.17, 15) is 15.0 Å². The van der Waals surface area contributed by atoms with Gasteiger partial charge in [-0.2, -0.15) is 0 Å². The second-order valence-electron chi connectivity index (χ2n) is 5.93. The van der Waals surface area contributed by atoms with E-state index < -0.39 is 11.8 Å². The predicted octanol–water partition coefficient (Wildman–Crippen LogP) is 4.51. The summed E-state index contributed by atoms with van der Waals surface area (Å²) in [5, 5.41) is 28.0. The Bertz CT molecular complexity index is 431. The number of hydrogen-bond acceptors (Lipinski definition) is 3. The fraction of sp³-hybridized carbons (Fsp3) is 0.550. The van der Waals surface area contributed by atoms with Crippen molar-refractivity contribution in [1.29, 1.82) is 0 Å². The van der Waals surface area contributed by atoms with E-state index in [1.165, 1.54) is 6.08 Å². The van der Waals surface area contributed by atoms with Crippen molar-refractivity contribution in [2.24, 2.45) is 0 Å². The number of unbranched alkanes of at least 4 members (excludes halogenated alkanes) is 5. The van der Waals surface area contributed by atoms with E-state index in [1.54, 1.807) is 12.2 Å². The molecule has 0 saturated heterocycles. The fourth-order valence-corrected chi connectivity index (χ4v) is 2.20. The third-order valence-electron chi connectivity index (χ3n) is 3.56. The molecule has 0 saturated carbocycles. The first-order chi connectivity index (χ1) is 11.5. The molecule has 0 fully saturated rings. The monoisotopic (exact) mass is 336 g/mol. The van der Waals surface area contributed by atoms with Crippen molar-refractivity contribution in [1.82, 2.24) is 0 Å². The van der Waals surface area contributed by atoms with Gasteiger partial charge in [-0.05, 0) is 25.7 Å². The van der Waals surface area contributed by atoms with Gasteiger partial charge in [-0.15, -0.1) is 0 Å². The second-order valence-corrected chi connectivity index (χ2v) is 5.93. The maximum Gasteiger partial charge on any atom is 0.328 e. The van der Waals surface area contributed by atoms with Crippen molar-refractivity contribution < 1.29 is 20.1 Å². The summed E-state index contributed by atoms with van der Waals surface area (Å²) in [7, 11) is 0. The van der Waals surface area contributed by atoms with Crippen LogP contribution in [0.3, 0.4) is 0 Å². The first-order valence-corrected chi connectivity index (χ1v) is 8.82. The van der Waals surface area contributed by atoms with Crippen molar-refractivity contribution in [3.63, 3.8) is 0 Å². The molecule has 0 rings (SSSR count). The largest absolute Gasteiger partial charge is 0.478 e. The Morgan fingerprint density at radius 2 is 1.42 bits per heavy atom. The number of hydrogen-bond donors (Lipinski definition) is 3. The zero-order valence-corrected chi connectivity index (χ0v) is 14.7. The molecule has 136 valence electrons. The van der Waals surface area contributed by atoms with E-state index in [-0.39, 0.29) is 0 Å². The number of rotatable bonds is 14. The molecule has 0 bridgehead atoms. The average molecular weight is 336 g/mol. The van der Waals surface area contributed by atoms with E-state index in [0.29, 0.717) is 12.8 Å². The molecule has 0 unspecified atom stereocenters. The Morgan fingerprint density at radius 1 is 0.833 bits per heavy atom. The zero-order chi connectivity index (χ0) is 18.1. The van der Waals surface area contributed by atoms with Crippen LogP contribution in [0.25, 0.3) is 0 Å². The van der Waals surface area contributed by atoms with Gasteiger partial charge in [-0.3, -0.25) is 0 Å². The molecule has 0 aromatic rings. The van der Waals surface area contributed by atoms with Crippen LogP contribution in [-0.4, -0.2) is 27.1 Å². The molecular formula is C20H32O4. The van der Waals surface area contributed by atoms with Crippen molar-refractivity contribution in [2.75, 3.05) is 0 Å². The van der Waals surface area contributed by atoms with E-state index in [4.69, 9.17) is 5.11 Å². The lowest BCUT2D eigenvalue weighted by atomic mass is 10.0. The summed E-state index contributed by atoms with van der Waals surface area (Å²) in [5.41, 5.74) is 0. The quantitative estimate of drug-likeness (QED) is 0.189. The lowest BCUT2D eigenvalue weighted by Crippen LogP contribution is -2.27. The average Bonchev–Trinajstić information content (AvgIpc) is 2.51. The van der Waals surface area contributed by atoms with Crippen molar-refractivity contribution >= 4 is 5.97 Å². The Kier molecular flexibility index (Phi) is 13.9. The van der Waals surface area contributed by atoms with Gasteiger partial charge in [0.15, 0.2) is 5.79 Å². The maximum atomic E-state index is 10.2. The fourth-order valence-electron chi connectivity index (χ4n) is 2.20. The van der Waals surface area contributed by atoms with Crippen molar-refractivity contribution in [3.05, 3.63) is 48.6 Å². The summed E-state index contributed by atoms with van der Waals surface area (Å²) >= 11 is 0. The van der Waals surface area contributed by atoms with Gasteiger partial charge in [0.05, 0.1) is 0 Å². The maximum absolute atomic E-state index is 10.2. The normalized spacial score (nSPS) is 13.1. The third kappa shape index (κ3) is 16.7. The molecule has 0 radical (unpaired) electrons. The number of carboxylic acid groups (broad SMARTS) is 1. The van der Waals surface area contributed by atoms with Crippen molar-refractivity contribution in [3.8, 4) is 0 Å². The molecule has 24 heavy (non-hydrogen) atoms. The summed E-state index contributed by atoms with van der Waals surface area (Å²) in [6.07, 6.45) is 21.5. The van der Waals surface area contributed by atoms with Crippen LogP contribution in [0.4, 0.5) is 0 Å². The highest BCUT2D eigenvalue weighted by molar-refractivity contribution is 5.80. The first-order valence-electron chi connectivity index (χ1n) is 8.82. The molecule has 0 heterocycles. The van der Waals surface area contributed by atoms with E-state index in [1.807, 2.05) is 18.2 Å². The zero-order valence-electron chi connectivity index (χ0n) is 14.7. The molecule has 0 spiro atoms. The Morgan fingerprint density at radius 3 is 2.04 bits per heavy atom. The van der Waals surface area contributed by atoms with E-state index >= 15 is 0 Å². The van der Waals surface area contributed by atoms with E-state index in [2.05, 4.69) is 13.0 Å². The Labute approximate surface area is 145 Å². The van der Waals surface area contributed by atoms with Gasteiger partial charge < -0.3 is 15.3 Å². The molecule has 0 aliphatic carbocycles. The van der Waals surface area contributed by atoms with Gasteiger partial charge in [0.25, 0.3) is 0 Å². The Hall–Kier alpha value is -1.65. The minimum atomic E-state index is -1.49. The van der Waals surface area contributed by atoms with Crippen LogP contribution < -0.4 is 0 Å². The predicted molar refractivity (Wildman–Crippen MR) is 98.6 cm³/mol. The summed E-state index contributed by atoms with van der Waals surface area (Å²) < 4.78 is 0. The van der Waals surface area contributed by atoms with Gasteiger partial charge in [0.2, 0.25) is 0 Å². The molecule has 0 atom stereocenters. The van der Waals surface area contributed by atoms with Gasteiger partial charge in [0.1, 0.15) is 0 Å². The molecule has 0 aromatic heterocycles. The number of allylic oxidation sites excluding steroid dienone is 7. The SMILES string of the molecule is CCCCCC(O)(O)CCCCC/C=C/C=C/C=C/C=C/C(=O)O. The van der Waals surface area contributed by atoms with Gasteiger partial charge in [0, 0.05) is 18.9 Å². The molecule has 4 heteroatoms.